The highest BCUT2D eigenvalue weighted by molar-refractivity contribution is 7.09. The van der Waals surface area contributed by atoms with Crippen molar-refractivity contribution >= 4 is 17.2 Å². The molecule has 1 amide bonds. The SMILES string of the molecule is CN(C(=O)Cc1csc(Cc2ccccc2)n1)[C@H]1CCOC1. The smallest absolute Gasteiger partial charge is 0.228 e. The van der Waals surface area contributed by atoms with Crippen molar-refractivity contribution in [3.63, 3.8) is 0 Å². The molecule has 0 aliphatic carbocycles. The minimum Gasteiger partial charge on any atom is -0.379 e. The molecule has 0 N–H and O–H groups in total. The zero-order valence-corrected chi connectivity index (χ0v) is 13.5. The molecule has 1 aromatic heterocycles. The molecule has 2 heterocycles. The summed E-state index contributed by atoms with van der Waals surface area (Å²) < 4.78 is 5.34. The van der Waals surface area contributed by atoms with Crippen molar-refractivity contribution in [1.29, 1.82) is 0 Å². The largest absolute Gasteiger partial charge is 0.379 e. The van der Waals surface area contributed by atoms with Crippen LogP contribution in [0.5, 0.6) is 0 Å². The molecule has 3 rings (SSSR count). The van der Waals surface area contributed by atoms with Gasteiger partial charge in [0, 0.05) is 25.5 Å². The molecular formula is C17H20N2O2S. The second-order valence-electron chi connectivity index (χ2n) is 5.59. The number of aromatic nitrogens is 1. The lowest BCUT2D eigenvalue weighted by Gasteiger charge is -2.22. The Balaban J connectivity index is 1.58. The molecule has 22 heavy (non-hydrogen) atoms. The fourth-order valence-electron chi connectivity index (χ4n) is 2.59. The highest BCUT2D eigenvalue weighted by atomic mass is 32.1. The number of likely N-dealkylation sites (N-methyl/N-ethyl adjacent to an activating group) is 1. The predicted octanol–water partition coefficient (Wildman–Crippen LogP) is 2.52. The quantitative estimate of drug-likeness (QED) is 0.851. The van der Waals surface area contributed by atoms with Gasteiger partial charge in [0.1, 0.15) is 0 Å². The van der Waals surface area contributed by atoms with E-state index in [0.717, 1.165) is 30.2 Å². The van der Waals surface area contributed by atoms with E-state index in [9.17, 15) is 4.79 Å². The van der Waals surface area contributed by atoms with Gasteiger partial charge in [0.05, 0.1) is 29.8 Å². The summed E-state index contributed by atoms with van der Waals surface area (Å²) in [6.45, 7) is 1.40. The van der Waals surface area contributed by atoms with Gasteiger partial charge in [-0.1, -0.05) is 30.3 Å². The number of thiazole rings is 1. The number of carbonyl (C=O) groups excluding carboxylic acids is 1. The van der Waals surface area contributed by atoms with Gasteiger partial charge in [0.15, 0.2) is 0 Å². The van der Waals surface area contributed by atoms with Gasteiger partial charge in [0.2, 0.25) is 5.91 Å². The summed E-state index contributed by atoms with van der Waals surface area (Å²) in [6.07, 6.45) is 2.13. The molecule has 5 heteroatoms. The monoisotopic (exact) mass is 316 g/mol. The molecule has 1 aliphatic heterocycles. The van der Waals surface area contributed by atoms with E-state index < -0.39 is 0 Å². The van der Waals surface area contributed by atoms with Crippen LogP contribution in [0.4, 0.5) is 0 Å². The Labute approximate surface area is 134 Å². The molecule has 1 aliphatic rings. The highest BCUT2D eigenvalue weighted by Gasteiger charge is 2.24. The molecule has 1 aromatic carbocycles. The summed E-state index contributed by atoms with van der Waals surface area (Å²) in [5.74, 6) is 0.118. The third kappa shape index (κ3) is 3.72. The first-order valence-electron chi connectivity index (χ1n) is 7.53. The van der Waals surface area contributed by atoms with Gasteiger partial charge in [0.25, 0.3) is 0 Å². The lowest BCUT2D eigenvalue weighted by atomic mass is 10.2. The maximum absolute atomic E-state index is 12.3. The van der Waals surface area contributed by atoms with Crippen molar-refractivity contribution in [2.75, 3.05) is 20.3 Å². The molecular weight excluding hydrogens is 296 g/mol. The summed E-state index contributed by atoms with van der Waals surface area (Å²) in [7, 11) is 1.86. The van der Waals surface area contributed by atoms with Crippen molar-refractivity contribution in [3.05, 3.63) is 52.0 Å². The first-order valence-corrected chi connectivity index (χ1v) is 8.41. The summed E-state index contributed by atoms with van der Waals surface area (Å²) in [5, 5.41) is 3.05. The molecule has 116 valence electrons. The fraction of sp³-hybridized carbons (Fsp3) is 0.412. The standard InChI is InChI=1S/C17H20N2O2S/c1-19(15-7-8-21-11-15)17(20)10-14-12-22-16(18-14)9-13-5-3-2-4-6-13/h2-6,12,15H,7-11H2,1H3/t15-/m0/s1. The van der Waals surface area contributed by atoms with Crippen LogP contribution in [0.15, 0.2) is 35.7 Å². The average molecular weight is 316 g/mol. The lowest BCUT2D eigenvalue weighted by molar-refractivity contribution is -0.131. The second kappa shape index (κ2) is 7.03. The van der Waals surface area contributed by atoms with E-state index in [-0.39, 0.29) is 11.9 Å². The van der Waals surface area contributed by atoms with Crippen LogP contribution in [0, 0.1) is 0 Å². The number of amides is 1. The molecule has 4 nitrogen and oxygen atoms in total. The summed E-state index contributed by atoms with van der Waals surface area (Å²) in [6, 6.07) is 10.5. The lowest BCUT2D eigenvalue weighted by Crippen LogP contribution is -2.38. The summed E-state index contributed by atoms with van der Waals surface area (Å²) in [4.78, 5) is 18.7. The van der Waals surface area contributed by atoms with Crippen molar-refractivity contribution in [3.8, 4) is 0 Å². The second-order valence-corrected chi connectivity index (χ2v) is 6.54. The third-order valence-electron chi connectivity index (χ3n) is 3.98. The van der Waals surface area contributed by atoms with Crippen LogP contribution >= 0.6 is 11.3 Å². The van der Waals surface area contributed by atoms with Gasteiger partial charge in [-0.2, -0.15) is 0 Å². The first-order chi connectivity index (χ1) is 10.7. The maximum atomic E-state index is 12.3. The van der Waals surface area contributed by atoms with Crippen LogP contribution < -0.4 is 0 Å². The Morgan fingerprint density at radius 1 is 1.41 bits per heavy atom. The van der Waals surface area contributed by atoms with E-state index in [1.54, 1.807) is 11.3 Å². The zero-order chi connectivity index (χ0) is 15.4. The van der Waals surface area contributed by atoms with E-state index in [4.69, 9.17) is 4.74 Å². The maximum Gasteiger partial charge on any atom is 0.228 e. The van der Waals surface area contributed by atoms with Crippen LogP contribution in [0.2, 0.25) is 0 Å². The number of benzene rings is 1. The predicted molar refractivity (Wildman–Crippen MR) is 87.1 cm³/mol. The summed E-state index contributed by atoms with van der Waals surface area (Å²) in [5.41, 5.74) is 2.11. The molecule has 1 saturated heterocycles. The van der Waals surface area contributed by atoms with Crippen LogP contribution in [0.3, 0.4) is 0 Å². The summed E-state index contributed by atoms with van der Waals surface area (Å²) >= 11 is 1.62. The van der Waals surface area contributed by atoms with Gasteiger partial charge >= 0.3 is 0 Å². The minimum absolute atomic E-state index is 0.118. The van der Waals surface area contributed by atoms with E-state index in [2.05, 4.69) is 17.1 Å². The van der Waals surface area contributed by atoms with Gasteiger partial charge in [-0.3, -0.25) is 4.79 Å². The molecule has 0 bridgehead atoms. The number of hydrogen-bond donors (Lipinski definition) is 0. The molecule has 0 saturated carbocycles. The first kappa shape index (κ1) is 15.2. The number of rotatable bonds is 5. The van der Waals surface area contributed by atoms with Crippen LogP contribution in [0.1, 0.15) is 22.7 Å². The number of carbonyl (C=O) groups is 1. The number of nitrogens with zero attached hydrogens (tertiary/aromatic N) is 2. The fourth-order valence-corrected chi connectivity index (χ4v) is 3.42. The van der Waals surface area contributed by atoms with Crippen LogP contribution in [0.25, 0.3) is 0 Å². The van der Waals surface area contributed by atoms with Crippen molar-refractivity contribution < 1.29 is 9.53 Å². The molecule has 1 atom stereocenters. The van der Waals surface area contributed by atoms with Gasteiger partial charge in [-0.05, 0) is 12.0 Å². The Bertz CT molecular complexity index is 621. The van der Waals surface area contributed by atoms with Gasteiger partial charge < -0.3 is 9.64 Å². The van der Waals surface area contributed by atoms with E-state index >= 15 is 0 Å². The molecule has 0 spiro atoms. The van der Waals surface area contributed by atoms with Crippen molar-refractivity contribution in [1.82, 2.24) is 9.88 Å². The Morgan fingerprint density at radius 3 is 2.95 bits per heavy atom. The van der Waals surface area contributed by atoms with E-state index in [0.29, 0.717) is 13.0 Å². The molecule has 0 unspecified atom stereocenters. The Morgan fingerprint density at radius 2 is 2.23 bits per heavy atom. The molecule has 0 radical (unpaired) electrons. The van der Waals surface area contributed by atoms with Crippen LogP contribution in [-0.2, 0) is 22.4 Å². The van der Waals surface area contributed by atoms with Crippen molar-refractivity contribution in [2.45, 2.75) is 25.3 Å². The number of ether oxygens (including phenoxy) is 1. The average Bonchev–Trinajstić information content (AvgIpc) is 3.19. The molecule has 2 aromatic rings. The highest BCUT2D eigenvalue weighted by Crippen LogP contribution is 2.17. The normalized spacial score (nSPS) is 17.6. The minimum atomic E-state index is 0.118. The third-order valence-corrected chi connectivity index (χ3v) is 4.87. The van der Waals surface area contributed by atoms with E-state index in [1.807, 2.05) is 35.5 Å². The van der Waals surface area contributed by atoms with Gasteiger partial charge in [-0.25, -0.2) is 4.98 Å². The molecule has 1 fully saturated rings. The van der Waals surface area contributed by atoms with Gasteiger partial charge in [-0.15, -0.1) is 11.3 Å². The Kier molecular flexibility index (Phi) is 4.85. The Hall–Kier alpha value is -1.72. The zero-order valence-electron chi connectivity index (χ0n) is 12.7. The van der Waals surface area contributed by atoms with Crippen LogP contribution in [-0.4, -0.2) is 42.1 Å². The van der Waals surface area contributed by atoms with E-state index in [1.165, 1.54) is 5.56 Å². The number of hydrogen-bond acceptors (Lipinski definition) is 4. The van der Waals surface area contributed by atoms with Crippen molar-refractivity contribution in [2.24, 2.45) is 0 Å². The topological polar surface area (TPSA) is 42.4 Å².